The van der Waals surface area contributed by atoms with Crippen molar-refractivity contribution in [2.75, 3.05) is 20.2 Å². The van der Waals surface area contributed by atoms with Gasteiger partial charge in [-0.25, -0.2) is 8.78 Å². The number of hydrogen-bond acceptors (Lipinski definition) is 3. The molecule has 1 atom stereocenters. The van der Waals surface area contributed by atoms with Gasteiger partial charge in [0, 0.05) is 13.1 Å². The smallest absolute Gasteiger partial charge is 0.311 e. The minimum absolute atomic E-state index is 0.0888. The number of carbonyl (C=O) groups is 2. The number of carbonyl (C=O) groups excluding carboxylic acids is 1. The van der Waals surface area contributed by atoms with Gasteiger partial charge in [0.15, 0.2) is 11.6 Å². The van der Waals surface area contributed by atoms with E-state index >= 15 is 0 Å². The molecule has 1 amide bonds. The summed E-state index contributed by atoms with van der Waals surface area (Å²) in [5.74, 6) is -4.36. The van der Waals surface area contributed by atoms with E-state index in [4.69, 9.17) is 4.74 Å². The van der Waals surface area contributed by atoms with Crippen LogP contribution in [0.4, 0.5) is 8.78 Å². The fourth-order valence-electron chi connectivity index (χ4n) is 3.07. The molecule has 1 aromatic rings. The van der Waals surface area contributed by atoms with Crippen LogP contribution < -0.4 is 4.74 Å². The van der Waals surface area contributed by atoms with Gasteiger partial charge in [-0.2, -0.15) is 0 Å². The van der Waals surface area contributed by atoms with Gasteiger partial charge in [-0.1, -0.05) is 6.08 Å². The molecule has 5 nitrogen and oxygen atoms in total. The van der Waals surface area contributed by atoms with Crippen LogP contribution in [0.2, 0.25) is 0 Å². The molecule has 1 heterocycles. The third kappa shape index (κ3) is 3.11. The zero-order valence-electron chi connectivity index (χ0n) is 13.3. The van der Waals surface area contributed by atoms with Gasteiger partial charge < -0.3 is 14.7 Å². The van der Waals surface area contributed by atoms with Gasteiger partial charge in [0.1, 0.15) is 11.3 Å². The van der Waals surface area contributed by atoms with Gasteiger partial charge >= 0.3 is 5.97 Å². The second-order valence-corrected chi connectivity index (χ2v) is 5.85. The maximum Gasteiger partial charge on any atom is 0.311 e. The standard InChI is InChI=1S/C17H19F2NO4/c1-3-7-17(16(22)23)8-4-9-20(10-17)15(21)13-12(24-2)6-5-11(18)14(13)19/h3,5-6H,1,4,7-10H2,2H3,(H,22,23)/t17-/m0/s1. The molecule has 2 rings (SSSR count). The quantitative estimate of drug-likeness (QED) is 0.838. The van der Waals surface area contributed by atoms with E-state index in [1.165, 1.54) is 24.2 Å². The zero-order valence-corrected chi connectivity index (χ0v) is 13.3. The van der Waals surface area contributed by atoms with Crippen LogP contribution >= 0.6 is 0 Å². The largest absolute Gasteiger partial charge is 0.496 e. The lowest BCUT2D eigenvalue weighted by Crippen LogP contribution is -2.50. The molecule has 0 aliphatic carbocycles. The molecule has 24 heavy (non-hydrogen) atoms. The summed E-state index contributed by atoms with van der Waals surface area (Å²) in [4.78, 5) is 25.6. The Morgan fingerprint density at radius 1 is 1.46 bits per heavy atom. The second kappa shape index (κ2) is 6.98. The summed E-state index contributed by atoms with van der Waals surface area (Å²) in [5, 5.41) is 9.54. The van der Waals surface area contributed by atoms with Crippen molar-refractivity contribution in [2.24, 2.45) is 5.41 Å². The van der Waals surface area contributed by atoms with Crippen molar-refractivity contribution in [2.45, 2.75) is 19.3 Å². The minimum Gasteiger partial charge on any atom is -0.496 e. The highest BCUT2D eigenvalue weighted by molar-refractivity contribution is 5.97. The molecule has 130 valence electrons. The fourth-order valence-corrected chi connectivity index (χ4v) is 3.07. The first-order chi connectivity index (χ1) is 11.4. The molecule has 1 aromatic carbocycles. The number of benzene rings is 1. The van der Waals surface area contributed by atoms with Crippen LogP contribution in [-0.4, -0.2) is 42.1 Å². The number of amides is 1. The lowest BCUT2D eigenvalue weighted by Gasteiger charge is -2.39. The van der Waals surface area contributed by atoms with E-state index in [2.05, 4.69) is 6.58 Å². The first kappa shape index (κ1) is 17.9. The van der Waals surface area contributed by atoms with E-state index in [1.807, 2.05) is 0 Å². The van der Waals surface area contributed by atoms with Crippen LogP contribution in [0.25, 0.3) is 0 Å². The van der Waals surface area contributed by atoms with Crippen LogP contribution in [-0.2, 0) is 4.79 Å². The predicted octanol–water partition coefficient (Wildman–Crippen LogP) is 2.86. The fraction of sp³-hybridized carbons (Fsp3) is 0.412. The number of piperidine rings is 1. The van der Waals surface area contributed by atoms with Gasteiger partial charge in [-0.05, 0) is 31.4 Å². The molecule has 1 N–H and O–H groups in total. The number of aliphatic carboxylic acids is 1. The van der Waals surface area contributed by atoms with Gasteiger partial charge in [-0.3, -0.25) is 9.59 Å². The number of carboxylic acid groups (broad SMARTS) is 1. The van der Waals surface area contributed by atoms with E-state index in [0.29, 0.717) is 12.8 Å². The molecular formula is C17H19F2NO4. The number of methoxy groups -OCH3 is 1. The average molecular weight is 339 g/mol. The third-order valence-corrected chi connectivity index (χ3v) is 4.34. The molecule has 0 spiro atoms. The van der Waals surface area contributed by atoms with Crippen LogP contribution in [0.3, 0.4) is 0 Å². The number of allylic oxidation sites excluding steroid dienone is 1. The lowest BCUT2D eigenvalue weighted by atomic mass is 9.77. The summed E-state index contributed by atoms with van der Waals surface area (Å²) < 4.78 is 32.6. The van der Waals surface area contributed by atoms with Crippen molar-refractivity contribution in [3.63, 3.8) is 0 Å². The van der Waals surface area contributed by atoms with Crippen LogP contribution in [0, 0.1) is 17.0 Å². The molecule has 1 saturated heterocycles. The van der Waals surface area contributed by atoms with Crippen molar-refractivity contribution in [1.82, 2.24) is 4.90 Å². The molecule has 1 aliphatic heterocycles. The molecule has 7 heteroatoms. The number of ether oxygens (including phenoxy) is 1. The van der Waals surface area contributed by atoms with Gasteiger partial charge in [0.05, 0.1) is 12.5 Å². The van der Waals surface area contributed by atoms with Crippen LogP contribution in [0.1, 0.15) is 29.6 Å². The normalized spacial score (nSPS) is 20.5. The summed E-state index contributed by atoms with van der Waals surface area (Å²) in [7, 11) is 1.25. The van der Waals surface area contributed by atoms with Gasteiger partial charge in [0.2, 0.25) is 0 Å². The first-order valence-corrected chi connectivity index (χ1v) is 7.52. The molecule has 0 aromatic heterocycles. The summed E-state index contributed by atoms with van der Waals surface area (Å²) in [6.45, 7) is 3.74. The topological polar surface area (TPSA) is 66.8 Å². The molecule has 0 bridgehead atoms. The van der Waals surface area contributed by atoms with Gasteiger partial charge in [0.25, 0.3) is 5.91 Å². The highest BCUT2D eigenvalue weighted by atomic mass is 19.2. The number of nitrogens with zero attached hydrogens (tertiary/aromatic N) is 1. The highest BCUT2D eigenvalue weighted by Gasteiger charge is 2.43. The van der Waals surface area contributed by atoms with E-state index in [9.17, 15) is 23.5 Å². The lowest BCUT2D eigenvalue weighted by molar-refractivity contribution is -0.151. The van der Waals surface area contributed by atoms with Crippen molar-refractivity contribution >= 4 is 11.9 Å². The first-order valence-electron chi connectivity index (χ1n) is 7.52. The minimum atomic E-state index is -1.30. The Balaban J connectivity index is 2.38. The average Bonchev–Trinajstić information content (AvgIpc) is 2.57. The number of rotatable bonds is 5. The van der Waals surface area contributed by atoms with Crippen molar-refractivity contribution in [3.05, 3.63) is 42.0 Å². The zero-order chi connectivity index (χ0) is 17.9. The van der Waals surface area contributed by atoms with Crippen molar-refractivity contribution < 1.29 is 28.2 Å². The SMILES string of the molecule is C=CC[C@]1(C(=O)O)CCCN(C(=O)c2c(OC)ccc(F)c2F)C1. The third-order valence-electron chi connectivity index (χ3n) is 4.34. The molecule has 1 fully saturated rings. The monoisotopic (exact) mass is 339 g/mol. The predicted molar refractivity (Wildman–Crippen MR) is 82.9 cm³/mol. The van der Waals surface area contributed by atoms with Gasteiger partial charge in [-0.15, -0.1) is 6.58 Å². The number of likely N-dealkylation sites (tertiary alicyclic amines) is 1. The second-order valence-electron chi connectivity index (χ2n) is 5.85. The number of hydrogen-bond donors (Lipinski definition) is 1. The van der Waals surface area contributed by atoms with E-state index in [-0.39, 0.29) is 25.3 Å². The van der Waals surface area contributed by atoms with E-state index in [0.717, 1.165) is 6.07 Å². The van der Waals surface area contributed by atoms with Crippen LogP contribution in [0.15, 0.2) is 24.8 Å². The van der Waals surface area contributed by atoms with E-state index < -0.39 is 34.5 Å². The number of halogens is 2. The highest BCUT2D eigenvalue weighted by Crippen LogP contribution is 2.36. The number of carboxylic acids is 1. The molecule has 1 aliphatic rings. The van der Waals surface area contributed by atoms with Crippen LogP contribution in [0.5, 0.6) is 5.75 Å². The Labute approximate surface area is 138 Å². The van der Waals surface area contributed by atoms with Crippen molar-refractivity contribution in [1.29, 1.82) is 0 Å². The molecular weight excluding hydrogens is 320 g/mol. The summed E-state index contributed by atoms with van der Waals surface area (Å²) in [6.07, 6.45) is 2.52. The summed E-state index contributed by atoms with van der Waals surface area (Å²) in [6, 6.07) is 2.05. The van der Waals surface area contributed by atoms with E-state index in [1.54, 1.807) is 0 Å². The molecule has 0 unspecified atom stereocenters. The Kier molecular flexibility index (Phi) is 5.21. The molecule has 0 radical (unpaired) electrons. The Hall–Kier alpha value is -2.44. The maximum atomic E-state index is 14.1. The summed E-state index contributed by atoms with van der Waals surface area (Å²) in [5.41, 5.74) is -1.68. The Morgan fingerprint density at radius 2 is 2.17 bits per heavy atom. The molecule has 0 saturated carbocycles. The van der Waals surface area contributed by atoms with Crippen molar-refractivity contribution in [3.8, 4) is 5.75 Å². The summed E-state index contributed by atoms with van der Waals surface area (Å²) >= 11 is 0. The Bertz CT molecular complexity index is 677. The Morgan fingerprint density at radius 3 is 2.75 bits per heavy atom. The maximum absolute atomic E-state index is 14.1.